The van der Waals surface area contributed by atoms with Gasteiger partial charge in [0.25, 0.3) is 5.91 Å². The Balaban J connectivity index is 2.12. The molecule has 5 nitrogen and oxygen atoms in total. The average molecular weight is 335 g/mol. The van der Waals surface area contributed by atoms with E-state index in [0.717, 1.165) is 18.5 Å². The average Bonchev–Trinajstić information content (AvgIpc) is 2.66. The van der Waals surface area contributed by atoms with Crippen molar-refractivity contribution in [1.29, 1.82) is 5.26 Å². The SMILES string of the molecule is CCCCNC(=O)/C(C#N)=C/c1ccccc1OCc1ccccn1. The molecule has 0 spiro atoms. The van der Waals surface area contributed by atoms with Crippen LogP contribution in [0.15, 0.2) is 54.2 Å². The molecule has 0 saturated carbocycles. The summed E-state index contributed by atoms with van der Waals surface area (Å²) in [5, 5.41) is 12.0. The maximum atomic E-state index is 12.1. The predicted molar refractivity (Wildman–Crippen MR) is 96.5 cm³/mol. The predicted octanol–water partition coefficient (Wildman–Crippen LogP) is 3.48. The van der Waals surface area contributed by atoms with Gasteiger partial charge in [-0.25, -0.2) is 0 Å². The quantitative estimate of drug-likeness (QED) is 0.455. The molecule has 1 N–H and O–H groups in total. The van der Waals surface area contributed by atoms with E-state index < -0.39 is 0 Å². The van der Waals surface area contributed by atoms with Crippen LogP contribution in [0.1, 0.15) is 31.0 Å². The number of aromatic nitrogens is 1. The van der Waals surface area contributed by atoms with Crippen LogP contribution in [-0.2, 0) is 11.4 Å². The van der Waals surface area contributed by atoms with Gasteiger partial charge in [0.05, 0.1) is 5.69 Å². The van der Waals surface area contributed by atoms with Crippen molar-refractivity contribution < 1.29 is 9.53 Å². The molecule has 0 unspecified atom stereocenters. The molecule has 1 amide bonds. The summed E-state index contributed by atoms with van der Waals surface area (Å²) in [5.74, 6) is 0.234. The lowest BCUT2D eigenvalue weighted by atomic mass is 10.1. The number of nitriles is 1. The van der Waals surface area contributed by atoms with Crippen LogP contribution < -0.4 is 10.1 Å². The molecule has 1 heterocycles. The van der Waals surface area contributed by atoms with E-state index in [2.05, 4.69) is 10.3 Å². The summed E-state index contributed by atoms with van der Waals surface area (Å²) in [6.45, 7) is 2.92. The number of ether oxygens (including phenoxy) is 1. The molecule has 2 rings (SSSR count). The first-order valence-electron chi connectivity index (χ1n) is 8.26. The van der Waals surface area contributed by atoms with Gasteiger partial charge in [-0.3, -0.25) is 9.78 Å². The largest absolute Gasteiger partial charge is 0.487 e. The maximum Gasteiger partial charge on any atom is 0.261 e. The standard InChI is InChI=1S/C20H21N3O2/c1-2-3-11-23-20(24)17(14-21)13-16-8-4-5-10-19(16)25-15-18-9-6-7-12-22-18/h4-10,12-13H,2-3,11,15H2,1H3,(H,23,24)/b17-13+. The van der Waals surface area contributed by atoms with Crippen molar-refractivity contribution in [1.82, 2.24) is 10.3 Å². The van der Waals surface area contributed by atoms with E-state index >= 15 is 0 Å². The van der Waals surface area contributed by atoms with Gasteiger partial charge in [0.2, 0.25) is 0 Å². The van der Waals surface area contributed by atoms with Crippen LogP contribution in [-0.4, -0.2) is 17.4 Å². The Kier molecular flexibility index (Phi) is 7.20. The van der Waals surface area contributed by atoms with Crippen molar-refractivity contribution in [3.8, 4) is 11.8 Å². The molecule has 0 aliphatic rings. The first kappa shape index (κ1) is 18.2. The van der Waals surface area contributed by atoms with Crippen LogP contribution >= 0.6 is 0 Å². The number of benzene rings is 1. The molecule has 5 heteroatoms. The minimum absolute atomic E-state index is 0.0602. The van der Waals surface area contributed by atoms with Gasteiger partial charge in [-0.05, 0) is 30.7 Å². The molecule has 2 aromatic rings. The first-order valence-corrected chi connectivity index (χ1v) is 8.26. The highest BCUT2D eigenvalue weighted by Gasteiger charge is 2.10. The van der Waals surface area contributed by atoms with Gasteiger partial charge >= 0.3 is 0 Å². The molecule has 1 aromatic carbocycles. The van der Waals surface area contributed by atoms with Crippen LogP contribution in [0.3, 0.4) is 0 Å². The first-order chi connectivity index (χ1) is 12.2. The zero-order chi connectivity index (χ0) is 17.9. The van der Waals surface area contributed by atoms with Crippen LogP contribution in [0.2, 0.25) is 0 Å². The fourth-order valence-corrected chi connectivity index (χ4v) is 2.14. The number of carbonyl (C=O) groups excluding carboxylic acids is 1. The molecule has 1 aromatic heterocycles. The highest BCUT2D eigenvalue weighted by molar-refractivity contribution is 6.01. The molecular formula is C20H21N3O2. The van der Waals surface area contributed by atoms with Crippen molar-refractivity contribution >= 4 is 12.0 Å². The van der Waals surface area contributed by atoms with Crippen LogP contribution in [0.4, 0.5) is 0 Å². The van der Waals surface area contributed by atoms with Crippen molar-refractivity contribution in [3.05, 3.63) is 65.5 Å². The topological polar surface area (TPSA) is 75.0 Å². The van der Waals surface area contributed by atoms with Crippen LogP contribution in [0.5, 0.6) is 5.75 Å². The van der Waals surface area contributed by atoms with Gasteiger partial charge in [-0.2, -0.15) is 5.26 Å². The fraction of sp³-hybridized carbons (Fsp3) is 0.250. The van der Waals surface area contributed by atoms with Gasteiger partial charge in [0.1, 0.15) is 24.0 Å². The number of unbranched alkanes of at least 4 members (excludes halogenated alkanes) is 1. The summed E-state index contributed by atoms with van der Waals surface area (Å²) < 4.78 is 5.80. The lowest BCUT2D eigenvalue weighted by Gasteiger charge is -2.09. The van der Waals surface area contributed by atoms with Crippen molar-refractivity contribution in [3.63, 3.8) is 0 Å². The van der Waals surface area contributed by atoms with Gasteiger partial charge in [-0.1, -0.05) is 37.6 Å². The Morgan fingerprint density at radius 1 is 1.28 bits per heavy atom. The summed E-state index contributed by atoms with van der Waals surface area (Å²) in [7, 11) is 0. The van der Waals surface area contributed by atoms with Crippen LogP contribution in [0.25, 0.3) is 6.08 Å². The molecule has 25 heavy (non-hydrogen) atoms. The minimum Gasteiger partial charge on any atom is -0.487 e. The Bertz CT molecular complexity index is 764. The third-order valence-electron chi connectivity index (χ3n) is 3.50. The maximum absolute atomic E-state index is 12.1. The molecule has 0 aliphatic heterocycles. The third kappa shape index (κ3) is 5.78. The summed E-state index contributed by atoms with van der Waals surface area (Å²) in [6, 6.07) is 14.9. The Labute approximate surface area is 148 Å². The molecular weight excluding hydrogens is 314 g/mol. The molecule has 0 fully saturated rings. The van der Waals surface area contributed by atoms with Gasteiger partial charge in [0.15, 0.2) is 0 Å². The minimum atomic E-state index is -0.365. The normalized spacial score (nSPS) is 10.8. The number of para-hydroxylation sites is 1. The summed E-state index contributed by atoms with van der Waals surface area (Å²) >= 11 is 0. The zero-order valence-electron chi connectivity index (χ0n) is 14.2. The van der Waals surface area contributed by atoms with Gasteiger partial charge in [-0.15, -0.1) is 0 Å². The number of hydrogen-bond donors (Lipinski definition) is 1. The number of pyridine rings is 1. The number of nitrogens with one attached hydrogen (secondary N) is 1. The highest BCUT2D eigenvalue weighted by Crippen LogP contribution is 2.22. The van der Waals surface area contributed by atoms with Crippen LogP contribution in [0, 0.1) is 11.3 Å². The van der Waals surface area contributed by atoms with Gasteiger partial charge in [0, 0.05) is 18.3 Å². The second-order valence-corrected chi connectivity index (χ2v) is 5.43. The Hall–Kier alpha value is -3.13. The number of amides is 1. The smallest absolute Gasteiger partial charge is 0.261 e. The van der Waals surface area contributed by atoms with E-state index in [0.29, 0.717) is 24.5 Å². The summed E-state index contributed by atoms with van der Waals surface area (Å²) in [5.41, 5.74) is 1.55. The second kappa shape index (κ2) is 9.89. The Morgan fingerprint density at radius 2 is 2.08 bits per heavy atom. The third-order valence-corrected chi connectivity index (χ3v) is 3.50. The van der Waals surface area contributed by atoms with E-state index in [1.807, 2.05) is 49.4 Å². The van der Waals surface area contributed by atoms with Crippen molar-refractivity contribution in [2.24, 2.45) is 0 Å². The van der Waals surface area contributed by atoms with Gasteiger partial charge < -0.3 is 10.1 Å². The Morgan fingerprint density at radius 3 is 2.80 bits per heavy atom. The second-order valence-electron chi connectivity index (χ2n) is 5.43. The molecule has 0 bridgehead atoms. The van der Waals surface area contributed by atoms with E-state index in [1.54, 1.807) is 18.3 Å². The van der Waals surface area contributed by atoms with E-state index in [1.165, 1.54) is 0 Å². The van der Waals surface area contributed by atoms with E-state index in [4.69, 9.17) is 4.74 Å². The van der Waals surface area contributed by atoms with E-state index in [-0.39, 0.29) is 11.5 Å². The number of nitrogens with zero attached hydrogens (tertiary/aromatic N) is 2. The van der Waals surface area contributed by atoms with E-state index in [9.17, 15) is 10.1 Å². The number of hydrogen-bond acceptors (Lipinski definition) is 4. The van der Waals surface area contributed by atoms with Crippen molar-refractivity contribution in [2.75, 3.05) is 6.54 Å². The number of rotatable bonds is 8. The summed E-state index contributed by atoms with van der Waals surface area (Å²) in [4.78, 5) is 16.3. The molecule has 0 atom stereocenters. The highest BCUT2D eigenvalue weighted by atomic mass is 16.5. The summed E-state index contributed by atoms with van der Waals surface area (Å²) in [6.07, 6.45) is 5.12. The zero-order valence-corrected chi connectivity index (χ0v) is 14.2. The molecule has 0 radical (unpaired) electrons. The lowest BCUT2D eigenvalue weighted by molar-refractivity contribution is -0.117. The molecule has 0 saturated heterocycles. The molecule has 128 valence electrons. The lowest BCUT2D eigenvalue weighted by Crippen LogP contribution is -2.25. The monoisotopic (exact) mass is 335 g/mol. The van der Waals surface area contributed by atoms with Crippen molar-refractivity contribution in [2.45, 2.75) is 26.4 Å². The fourth-order valence-electron chi connectivity index (χ4n) is 2.14. The molecule has 0 aliphatic carbocycles. The number of carbonyl (C=O) groups is 1.